The van der Waals surface area contributed by atoms with Gasteiger partial charge in [-0.1, -0.05) is 6.07 Å². The quantitative estimate of drug-likeness (QED) is 0.600. The molecule has 9 heteroatoms. The van der Waals surface area contributed by atoms with Gasteiger partial charge in [0.2, 0.25) is 17.7 Å². The van der Waals surface area contributed by atoms with Gasteiger partial charge in [-0.25, -0.2) is 0 Å². The molecule has 0 aromatic heterocycles. The van der Waals surface area contributed by atoms with Crippen molar-refractivity contribution >= 4 is 35.0 Å². The fraction of sp³-hybridized carbons (Fsp3) is 0.385. The van der Waals surface area contributed by atoms with Crippen LogP contribution in [0, 0.1) is 5.92 Å². The first-order chi connectivity index (χ1) is 16.8. The van der Waals surface area contributed by atoms with Gasteiger partial charge in [-0.05, 0) is 68.4 Å². The Labute approximate surface area is 204 Å². The number of hydrogen-bond donors (Lipinski definition) is 2. The van der Waals surface area contributed by atoms with Crippen molar-refractivity contribution in [1.29, 1.82) is 0 Å². The molecular weight excluding hydrogens is 446 g/mol. The van der Waals surface area contributed by atoms with Crippen LogP contribution in [0.4, 0.5) is 11.4 Å². The standard InChI is InChI=1S/C26H31N5O4/c1-29(24(33)17-30-11-2-3-12-30)21-7-9-22(10-8-21)31-16-18(13-23(31)32)15-28-26(35)20-6-4-5-19(14-20)25(27)34/h4-10,14,18H,2-3,11-13,15-17H2,1H3,(H2,27,34)(H,28,35). The third kappa shape index (κ3) is 5.86. The number of primary amides is 1. The third-order valence-corrected chi connectivity index (χ3v) is 6.65. The molecule has 4 amide bonds. The van der Waals surface area contributed by atoms with Gasteiger partial charge in [0.05, 0.1) is 6.54 Å². The average molecular weight is 478 g/mol. The molecular formula is C26H31N5O4. The Bertz CT molecular complexity index is 1110. The van der Waals surface area contributed by atoms with Crippen molar-refractivity contribution in [2.24, 2.45) is 11.7 Å². The van der Waals surface area contributed by atoms with Crippen molar-refractivity contribution in [3.05, 3.63) is 59.7 Å². The van der Waals surface area contributed by atoms with E-state index in [1.54, 1.807) is 35.0 Å². The third-order valence-electron chi connectivity index (χ3n) is 6.65. The lowest BCUT2D eigenvalue weighted by Crippen LogP contribution is -2.37. The second-order valence-corrected chi connectivity index (χ2v) is 9.18. The summed E-state index contributed by atoms with van der Waals surface area (Å²) in [5.74, 6) is -0.898. The molecule has 3 N–H and O–H groups in total. The molecule has 2 saturated heterocycles. The highest BCUT2D eigenvalue weighted by molar-refractivity contribution is 5.99. The van der Waals surface area contributed by atoms with E-state index in [-0.39, 0.29) is 29.2 Å². The van der Waals surface area contributed by atoms with Gasteiger partial charge >= 0.3 is 0 Å². The first-order valence-electron chi connectivity index (χ1n) is 11.9. The summed E-state index contributed by atoms with van der Waals surface area (Å²) in [6, 6.07) is 13.6. The van der Waals surface area contributed by atoms with Gasteiger partial charge in [-0.3, -0.25) is 24.1 Å². The van der Waals surface area contributed by atoms with Crippen LogP contribution in [0.3, 0.4) is 0 Å². The van der Waals surface area contributed by atoms with Crippen molar-refractivity contribution in [2.75, 3.05) is 49.6 Å². The van der Waals surface area contributed by atoms with Gasteiger partial charge in [0.25, 0.3) is 5.91 Å². The van der Waals surface area contributed by atoms with E-state index in [9.17, 15) is 19.2 Å². The Morgan fingerprint density at radius 1 is 1.06 bits per heavy atom. The van der Waals surface area contributed by atoms with E-state index < -0.39 is 5.91 Å². The molecule has 2 aliphatic heterocycles. The second-order valence-electron chi connectivity index (χ2n) is 9.18. The molecule has 35 heavy (non-hydrogen) atoms. The molecule has 2 aliphatic rings. The maximum Gasteiger partial charge on any atom is 0.251 e. The van der Waals surface area contributed by atoms with Gasteiger partial charge in [0, 0.05) is 55.0 Å². The molecule has 2 aromatic rings. The van der Waals surface area contributed by atoms with Crippen molar-refractivity contribution in [1.82, 2.24) is 10.2 Å². The van der Waals surface area contributed by atoms with Gasteiger partial charge in [-0.2, -0.15) is 0 Å². The minimum absolute atomic E-state index is 0.00816. The van der Waals surface area contributed by atoms with Gasteiger partial charge in [-0.15, -0.1) is 0 Å². The first-order valence-corrected chi connectivity index (χ1v) is 11.9. The lowest BCUT2D eigenvalue weighted by molar-refractivity contribution is -0.119. The van der Waals surface area contributed by atoms with Crippen molar-refractivity contribution < 1.29 is 19.2 Å². The molecule has 0 spiro atoms. The number of likely N-dealkylation sites (tertiary alicyclic amines) is 1. The Kier molecular flexibility index (Phi) is 7.45. The lowest BCUT2D eigenvalue weighted by Gasteiger charge is -2.22. The summed E-state index contributed by atoms with van der Waals surface area (Å²) < 4.78 is 0. The zero-order chi connectivity index (χ0) is 24.9. The minimum Gasteiger partial charge on any atom is -0.366 e. The summed E-state index contributed by atoms with van der Waals surface area (Å²) in [4.78, 5) is 54.6. The van der Waals surface area contributed by atoms with Crippen molar-refractivity contribution in [2.45, 2.75) is 19.3 Å². The predicted molar refractivity (Wildman–Crippen MR) is 133 cm³/mol. The minimum atomic E-state index is -0.593. The van der Waals surface area contributed by atoms with Crippen molar-refractivity contribution in [3.8, 4) is 0 Å². The highest BCUT2D eigenvalue weighted by Gasteiger charge is 2.31. The average Bonchev–Trinajstić information content (AvgIpc) is 3.51. The van der Waals surface area contributed by atoms with Crippen LogP contribution in [-0.2, 0) is 9.59 Å². The highest BCUT2D eigenvalue weighted by atomic mass is 16.2. The van der Waals surface area contributed by atoms with E-state index in [1.807, 2.05) is 24.3 Å². The number of likely N-dealkylation sites (N-methyl/N-ethyl adjacent to an activating group) is 1. The van der Waals surface area contributed by atoms with E-state index in [0.717, 1.165) is 37.3 Å². The number of anilines is 2. The largest absolute Gasteiger partial charge is 0.366 e. The molecule has 184 valence electrons. The molecule has 0 aliphatic carbocycles. The number of nitrogens with one attached hydrogen (secondary N) is 1. The maximum absolute atomic E-state index is 12.6. The molecule has 0 saturated carbocycles. The number of nitrogens with two attached hydrogens (primary N) is 1. The van der Waals surface area contributed by atoms with Gasteiger partial charge < -0.3 is 20.9 Å². The number of benzene rings is 2. The number of hydrogen-bond acceptors (Lipinski definition) is 5. The van der Waals surface area contributed by atoms with Crippen LogP contribution in [0.1, 0.15) is 40.0 Å². The van der Waals surface area contributed by atoms with E-state index in [0.29, 0.717) is 31.6 Å². The zero-order valence-electron chi connectivity index (χ0n) is 19.9. The van der Waals surface area contributed by atoms with Crippen LogP contribution in [0.5, 0.6) is 0 Å². The molecule has 1 atom stereocenters. The Morgan fingerprint density at radius 3 is 2.43 bits per heavy atom. The summed E-state index contributed by atoms with van der Waals surface area (Å²) in [6.07, 6.45) is 2.61. The van der Waals surface area contributed by atoms with Crippen LogP contribution in [0.15, 0.2) is 48.5 Å². The van der Waals surface area contributed by atoms with E-state index in [1.165, 1.54) is 6.07 Å². The summed E-state index contributed by atoms with van der Waals surface area (Å²) in [5.41, 5.74) is 7.45. The summed E-state index contributed by atoms with van der Waals surface area (Å²) in [5, 5.41) is 2.85. The van der Waals surface area contributed by atoms with Crippen LogP contribution < -0.4 is 20.9 Å². The fourth-order valence-corrected chi connectivity index (χ4v) is 4.56. The van der Waals surface area contributed by atoms with Crippen LogP contribution in [0.2, 0.25) is 0 Å². The molecule has 2 fully saturated rings. The Balaban J connectivity index is 1.31. The highest BCUT2D eigenvalue weighted by Crippen LogP contribution is 2.27. The topological polar surface area (TPSA) is 116 Å². The molecule has 0 bridgehead atoms. The van der Waals surface area contributed by atoms with E-state index in [4.69, 9.17) is 5.73 Å². The first kappa shape index (κ1) is 24.4. The van der Waals surface area contributed by atoms with E-state index in [2.05, 4.69) is 10.2 Å². The Hall–Kier alpha value is -3.72. The SMILES string of the molecule is CN(C(=O)CN1CCCC1)c1ccc(N2CC(CNC(=O)c3cccc(C(N)=O)c3)CC2=O)cc1. The number of carbonyl (C=O) groups is 4. The normalized spacial score (nSPS) is 18.0. The number of nitrogens with zero attached hydrogens (tertiary/aromatic N) is 3. The summed E-state index contributed by atoms with van der Waals surface area (Å²) in [6.45, 7) is 3.19. The summed E-state index contributed by atoms with van der Waals surface area (Å²) >= 11 is 0. The molecule has 4 rings (SSSR count). The fourth-order valence-electron chi connectivity index (χ4n) is 4.56. The van der Waals surface area contributed by atoms with Crippen molar-refractivity contribution in [3.63, 3.8) is 0 Å². The van der Waals surface area contributed by atoms with Gasteiger partial charge in [0.15, 0.2) is 0 Å². The monoisotopic (exact) mass is 477 g/mol. The second kappa shape index (κ2) is 10.7. The number of amides is 4. The maximum atomic E-state index is 12.6. The Morgan fingerprint density at radius 2 is 1.74 bits per heavy atom. The molecule has 2 aromatic carbocycles. The molecule has 1 unspecified atom stereocenters. The zero-order valence-corrected chi connectivity index (χ0v) is 19.9. The number of rotatable bonds is 8. The molecule has 0 radical (unpaired) electrons. The number of carbonyl (C=O) groups excluding carboxylic acids is 4. The predicted octanol–water partition coefficient (Wildman–Crippen LogP) is 1.63. The molecule has 9 nitrogen and oxygen atoms in total. The summed E-state index contributed by atoms with van der Waals surface area (Å²) in [7, 11) is 1.77. The van der Waals surface area contributed by atoms with Crippen LogP contribution in [-0.4, -0.2) is 68.3 Å². The van der Waals surface area contributed by atoms with Gasteiger partial charge in [0.1, 0.15) is 0 Å². The lowest BCUT2D eigenvalue weighted by atomic mass is 10.1. The molecule has 2 heterocycles. The van der Waals surface area contributed by atoms with Crippen LogP contribution >= 0.6 is 0 Å². The van der Waals surface area contributed by atoms with Crippen LogP contribution in [0.25, 0.3) is 0 Å². The van der Waals surface area contributed by atoms with E-state index >= 15 is 0 Å². The smallest absolute Gasteiger partial charge is 0.251 e.